The fraction of sp³-hybridized carbons (Fsp3) is 0.400. The molecular weight excluding hydrogens is 170 g/mol. The van der Waals surface area contributed by atoms with Crippen LogP contribution in [0.1, 0.15) is 19.4 Å². The lowest BCUT2D eigenvalue weighted by atomic mass is 10.2. The molecule has 0 heterocycles. The second-order valence-corrected chi connectivity index (χ2v) is 2.25. The first kappa shape index (κ1) is 14.0. The van der Waals surface area contributed by atoms with Crippen LogP contribution in [0, 0.1) is 0 Å². The van der Waals surface area contributed by atoms with Crippen molar-refractivity contribution < 1.29 is 0 Å². The van der Waals surface area contributed by atoms with Gasteiger partial charge in [0.2, 0.25) is 0 Å². The Hall–Kier alpha value is -0.530. The van der Waals surface area contributed by atoms with Crippen LogP contribution in [-0.4, -0.2) is 6.54 Å². The van der Waals surface area contributed by atoms with Gasteiger partial charge in [0.1, 0.15) is 0 Å². The molecule has 0 radical (unpaired) electrons. The van der Waals surface area contributed by atoms with E-state index in [2.05, 4.69) is 31.2 Å². The summed E-state index contributed by atoms with van der Waals surface area (Å²) in [4.78, 5) is 0. The Morgan fingerprint density at radius 1 is 1.08 bits per heavy atom. The molecule has 0 aliphatic carbocycles. The highest BCUT2D eigenvalue weighted by Gasteiger charge is 1.79. The minimum atomic E-state index is 0. The van der Waals surface area contributed by atoms with Gasteiger partial charge in [0.15, 0.2) is 0 Å². The van der Waals surface area contributed by atoms with E-state index in [0.29, 0.717) is 0 Å². The molecule has 0 bridgehead atoms. The number of nitrogens with two attached hydrogens (primary N) is 1. The maximum atomic E-state index is 4.85. The first-order valence-corrected chi connectivity index (χ1v) is 4.09. The standard InChI is InChI=1S/C8H10.C2H7N.ClH/c1-2-8-6-4-3-5-7-8;1-2-3;/h3-7H,2H2,1H3;2-3H2,1H3;1H. The Bertz CT molecular complexity index is 163. The predicted molar refractivity (Wildman–Crippen MR) is 57.8 cm³/mol. The molecule has 0 fully saturated rings. The average molecular weight is 188 g/mol. The van der Waals surface area contributed by atoms with Crippen molar-refractivity contribution in [2.24, 2.45) is 5.73 Å². The molecule has 0 aromatic heterocycles. The van der Waals surface area contributed by atoms with Gasteiger partial charge in [-0.1, -0.05) is 44.2 Å². The average Bonchev–Trinajstić information content (AvgIpc) is 2.08. The third-order valence-corrected chi connectivity index (χ3v) is 1.25. The summed E-state index contributed by atoms with van der Waals surface area (Å²) >= 11 is 0. The van der Waals surface area contributed by atoms with Crippen LogP contribution in [0.2, 0.25) is 0 Å². The van der Waals surface area contributed by atoms with Crippen molar-refractivity contribution in [2.75, 3.05) is 6.54 Å². The first-order valence-electron chi connectivity index (χ1n) is 4.09. The van der Waals surface area contributed by atoms with E-state index in [1.54, 1.807) is 0 Å². The van der Waals surface area contributed by atoms with Crippen LogP contribution in [0.3, 0.4) is 0 Å². The van der Waals surface area contributed by atoms with E-state index < -0.39 is 0 Å². The maximum Gasteiger partial charge on any atom is -0.0106 e. The van der Waals surface area contributed by atoms with Gasteiger partial charge >= 0.3 is 0 Å². The van der Waals surface area contributed by atoms with E-state index in [1.165, 1.54) is 5.56 Å². The maximum absolute atomic E-state index is 4.85. The highest BCUT2D eigenvalue weighted by atomic mass is 35.5. The summed E-state index contributed by atoms with van der Waals surface area (Å²) in [5.41, 5.74) is 6.26. The molecule has 0 saturated heterocycles. The lowest BCUT2D eigenvalue weighted by Crippen LogP contribution is -1.87. The zero-order valence-electron chi connectivity index (χ0n) is 7.79. The van der Waals surface area contributed by atoms with Gasteiger partial charge in [-0.25, -0.2) is 0 Å². The fourth-order valence-corrected chi connectivity index (χ4v) is 0.714. The summed E-state index contributed by atoms with van der Waals surface area (Å²) in [5.74, 6) is 0. The molecule has 2 heteroatoms. The van der Waals surface area contributed by atoms with Gasteiger partial charge in [0.25, 0.3) is 0 Å². The highest BCUT2D eigenvalue weighted by molar-refractivity contribution is 5.85. The Morgan fingerprint density at radius 3 is 1.75 bits per heavy atom. The van der Waals surface area contributed by atoms with Crippen LogP contribution in [0.5, 0.6) is 0 Å². The number of rotatable bonds is 1. The smallest absolute Gasteiger partial charge is 0.0106 e. The molecule has 0 saturated carbocycles. The third kappa shape index (κ3) is 7.58. The summed E-state index contributed by atoms with van der Waals surface area (Å²) in [5, 5.41) is 0. The van der Waals surface area contributed by atoms with Crippen molar-refractivity contribution in [2.45, 2.75) is 20.3 Å². The molecule has 70 valence electrons. The summed E-state index contributed by atoms with van der Waals surface area (Å²) in [6.07, 6.45) is 1.14. The largest absolute Gasteiger partial charge is 0.331 e. The van der Waals surface area contributed by atoms with Crippen LogP contribution in [0.25, 0.3) is 0 Å². The topological polar surface area (TPSA) is 26.0 Å². The molecule has 0 amide bonds. The van der Waals surface area contributed by atoms with Gasteiger partial charge in [-0.05, 0) is 18.5 Å². The van der Waals surface area contributed by atoms with Gasteiger partial charge in [-0.15, -0.1) is 12.4 Å². The molecule has 1 aromatic rings. The van der Waals surface area contributed by atoms with E-state index in [1.807, 2.05) is 13.0 Å². The first-order chi connectivity index (χ1) is 5.35. The van der Waals surface area contributed by atoms with Crippen molar-refractivity contribution >= 4 is 12.4 Å². The zero-order chi connectivity index (χ0) is 8.53. The SMILES string of the molecule is CCN.CCc1ccccc1.Cl. The van der Waals surface area contributed by atoms with Gasteiger partial charge < -0.3 is 5.73 Å². The zero-order valence-corrected chi connectivity index (χ0v) is 8.60. The van der Waals surface area contributed by atoms with Crippen molar-refractivity contribution in [1.82, 2.24) is 0 Å². The summed E-state index contributed by atoms with van der Waals surface area (Å²) in [7, 11) is 0. The van der Waals surface area contributed by atoms with Crippen LogP contribution < -0.4 is 5.73 Å². The monoisotopic (exact) mass is 187 g/mol. The van der Waals surface area contributed by atoms with Gasteiger partial charge in [0, 0.05) is 0 Å². The molecule has 0 atom stereocenters. The highest BCUT2D eigenvalue weighted by Crippen LogP contribution is 1.96. The van der Waals surface area contributed by atoms with Gasteiger partial charge in [0.05, 0.1) is 0 Å². The number of hydrogen-bond acceptors (Lipinski definition) is 1. The lowest BCUT2D eigenvalue weighted by Gasteiger charge is -1.89. The minimum absolute atomic E-state index is 0. The van der Waals surface area contributed by atoms with Crippen molar-refractivity contribution in [3.63, 3.8) is 0 Å². The van der Waals surface area contributed by atoms with Crippen LogP contribution >= 0.6 is 12.4 Å². The second kappa shape index (κ2) is 10.5. The van der Waals surface area contributed by atoms with Crippen molar-refractivity contribution in [3.05, 3.63) is 35.9 Å². The Morgan fingerprint density at radius 2 is 1.50 bits per heavy atom. The van der Waals surface area contributed by atoms with Gasteiger partial charge in [-0.2, -0.15) is 0 Å². The summed E-state index contributed by atoms with van der Waals surface area (Å²) < 4.78 is 0. The van der Waals surface area contributed by atoms with E-state index in [4.69, 9.17) is 5.73 Å². The molecule has 0 spiro atoms. The molecule has 1 rings (SSSR count). The number of halogens is 1. The molecule has 12 heavy (non-hydrogen) atoms. The number of aryl methyl sites for hydroxylation is 1. The van der Waals surface area contributed by atoms with Crippen molar-refractivity contribution in [1.29, 1.82) is 0 Å². The predicted octanol–water partition coefficient (Wildman–Crippen LogP) is 2.64. The molecular formula is C10H18ClN. The molecule has 1 nitrogen and oxygen atoms in total. The van der Waals surface area contributed by atoms with Gasteiger partial charge in [-0.3, -0.25) is 0 Å². The van der Waals surface area contributed by atoms with Crippen molar-refractivity contribution in [3.8, 4) is 0 Å². The Balaban J connectivity index is 0. The van der Waals surface area contributed by atoms with Crippen LogP contribution in [0.15, 0.2) is 30.3 Å². The number of benzene rings is 1. The van der Waals surface area contributed by atoms with E-state index >= 15 is 0 Å². The summed E-state index contributed by atoms with van der Waals surface area (Å²) in [6.45, 7) is 4.81. The number of hydrogen-bond donors (Lipinski definition) is 1. The lowest BCUT2D eigenvalue weighted by molar-refractivity contribution is 1.14. The third-order valence-electron chi connectivity index (χ3n) is 1.25. The Labute approximate surface area is 81.4 Å². The van der Waals surface area contributed by atoms with E-state index in [-0.39, 0.29) is 12.4 Å². The molecule has 0 aliphatic heterocycles. The van der Waals surface area contributed by atoms with E-state index in [9.17, 15) is 0 Å². The second-order valence-electron chi connectivity index (χ2n) is 2.25. The Kier molecular flexibility index (Phi) is 12.2. The minimum Gasteiger partial charge on any atom is -0.331 e. The molecule has 0 aliphatic rings. The van der Waals surface area contributed by atoms with Crippen LogP contribution in [0.4, 0.5) is 0 Å². The fourth-order valence-electron chi connectivity index (χ4n) is 0.714. The molecule has 2 N–H and O–H groups in total. The molecule has 1 aromatic carbocycles. The summed E-state index contributed by atoms with van der Waals surface area (Å²) in [6, 6.07) is 10.5. The quantitative estimate of drug-likeness (QED) is 0.719. The normalized spacial score (nSPS) is 7.58. The van der Waals surface area contributed by atoms with Crippen LogP contribution in [-0.2, 0) is 6.42 Å². The van der Waals surface area contributed by atoms with E-state index in [0.717, 1.165) is 13.0 Å². The molecule has 0 unspecified atom stereocenters.